The summed E-state index contributed by atoms with van der Waals surface area (Å²) in [6, 6.07) is 23.8. The molecular weight excluding hydrogens is 358 g/mol. The molecule has 4 aromatic heterocycles. The average molecular weight is 381 g/mol. The maximum absolute atomic E-state index is 4.76. The first-order valence-corrected chi connectivity index (χ1v) is 9.63. The van der Waals surface area contributed by atoms with Gasteiger partial charge in [-0.2, -0.15) is 0 Å². The van der Waals surface area contributed by atoms with E-state index in [0.717, 1.165) is 22.8 Å². The maximum atomic E-state index is 4.76. The molecule has 5 nitrogen and oxygen atoms in total. The molecule has 0 N–H and O–H groups in total. The van der Waals surface area contributed by atoms with Gasteiger partial charge in [0.2, 0.25) is 0 Å². The highest BCUT2D eigenvalue weighted by Crippen LogP contribution is 2.42. The molecule has 4 aromatic rings. The van der Waals surface area contributed by atoms with Crippen molar-refractivity contribution in [2.45, 2.75) is 18.5 Å². The van der Waals surface area contributed by atoms with E-state index in [1.54, 1.807) is 0 Å². The van der Waals surface area contributed by atoms with E-state index < -0.39 is 5.54 Å². The molecule has 4 rings (SSSR count). The van der Waals surface area contributed by atoms with Crippen molar-refractivity contribution in [3.8, 4) is 0 Å². The number of hydrogen-bond acceptors (Lipinski definition) is 5. The molecule has 4 heterocycles. The van der Waals surface area contributed by atoms with Crippen LogP contribution in [0.4, 0.5) is 0 Å². The lowest BCUT2D eigenvalue weighted by Gasteiger charge is -2.43. The largest absolute Gasteiger partial charge is 0.277 e. The minimum atomic E-state index is -0.777. The van der Waals surface area contributed by atoms with E-state index in [1.807, 2.05) is 97.6 Å². The van der Waals surface area contributed by atoms with Gasteiger partial charge in [0.05, 0.1) is 28.8 Å². The quantitative estimate of drug-likeness (QED) is 0.500. The predicted octanol–water partition coefficient (Wildman–Crippen LogP) is 4.25. The van der Waals surface area contributed by atoms with Crippen LogP contribution >= 0.6 is 0 Å². The van der Waals surface area contributed by atoms with Crippen molar-refractivity contribution in [2.75, 3.05) is 7.05 Å². The summed E-state index contributed by atoms with van der Waals surface area (Å²) in [6.07, 6.45) is 7.27. The molecule has 5 heteroatoms. The molecule has 0 aliphatic carbocycles. The third-order valence-electron chi connectivity index (χ3n) is 5.33. The van der Waals surface area contributed by atoms with Crippen molar-refractivity contribution >= 4 is 0 Å². The average Bonchev–Trinajstić information content (AvgIpc) is 2.82. The Morgan fingerprint density at radius 2 is 1.03 bits per heavy atom. The normalized spacial score (nSPS) is 12.7. The van der Waals surface area contributed by atoms with Crippen LogP contribution in [-0.4, -0.2) is 31.9 Å². The van der Waals surface area contributed by atoms with Crippen LogP contribution in [0, 0.1) is 0 Å². The van der Waals surface area contributed by atoms with E-state index in [0.29, 0.717) is 0 Å². The van der Waals surface area contributed by atoms with Gasteiger partial charge >= 0.3 is 0 Å². The van der Waals surface area contributed by atoms with Crippen molar-refractivity contribution in [2.24, 2.45) is 0 Å². The lowest BCUT2D eigenvalue weighted by atomic mass is 9.83. The van der Waals surface area contributed by atoms with Gasteiger partial charge in [-0.05, 0) is 62.5 Å². The Kier molecular flexibility index (Phi) is 5.40. The zero-order valence-electron chi connectivity index (χ0n) is 16.6. The highest BCUT2D eigenvalue weighted by Gasteiger charge is 2.46. The summed E-state index contributed by atoms with van der Waals surface area (Å²) in [5.41, 5.74) is 2.79. The molecule has 0 radical (unpaired) electrons. The van der Waals surface area contributed by atoms with Crippen LogP contribution in [0.25, 0.3) is 0 Å². The number of pyridine rings is 4. The van der Waals surface area contributed by atoms with Gasteiger partial charge in [0.15, 0.2) is 0 Å². The maximum Gasteiger partial charge on any atom is 0.149 e. The lowest BCUT2D eigenvalue weighted by Crippen LogP contribution is -2.48. The molecule has 144 valence electrons. The van der Waals surface area contributed by atoms with Gasteiger partial charge in [0.25, 0.3) is 0 Å². The van der Waals surface area contributed by atoms with E-state index in [4.69, 9.17) is 15.0 Å². The molecule has 1 unspecified atom stereocenters. The molecule has 1 atom stereocenters. The Bertz CT molecular complexity index is 927. The van der Waals surface area contributed by atoms with Gasteiger partial charge in [-0.25, -0.2) is 0 Å². The van der Waals surface area contributed by atoms with E-state index in [2.05, 4.69) is 23.9 Å². The molecule has 0 saturated heterocycles. The summed E-state index contributed by atoms with van der Waals surface area (Å²) >= 11 is 0. The Labute approximate surface area is 171 Å². The fraction of sp³-hybridized carbons (Fsp3) is 0.167. The van der Waals surface area contributed by atoms with Gasteiger partial charge in [-0.15, -0.1) is 0 Å². The van der Waals surface area contributed by atoms with Crippen LogP contribution in [0.3, 0.4) is 0 Å². The Hall–Kier alpha value is -3.44. The van der Waals surface area contributed by atoms with Gasteiger partial charge < -0.3 is 0 Å². The van der Waals surface area contributed by atoms with Gasteiger partial charge in [-0.3, -0.25) is 24.8 Å². The molecule has 0 aliphatic heterocycles. The lowest BCUT2D eigenvalue weighted by molar-refractivity contribution is 0.132. The highest BCUT2D eigenvalue weighted by molar-refractivity contribution is 5.42. The molecule has 0 aliphatic rings. The number of hydrogen-bond donors (Lipinski definition) is 0. The molecule has 29 heavy (non-hydrogen) atoms. The number of aromatic nitrogens is 4. The summed E-state index contributed by atoms with van der Waals surface area (Å²) < 4.78 is 0. The van der Waals surface area contributed by atoms with Crippen LogP contribution in [-0.2, 0) is 5.54 Å². The first kappa shape index (κ1) is 18.9. The van der Waals surface area contributed by atoms with Gasteiger partial charge in [0, 0.05) is 24.8 Å². The van der Waals surface area contributed by atoms with E-state index in [9.17, 15) is 0 Å². The van der Waals surface area contributed by atoms with E-state index in [-0.39, 0.29) is 6.04 Å². The summed E-state index contributed by atoms with van der Waals surface area (Å²) in [5.74, 6) is 0. The Balaban J connectivity index is 2.00. The molecular formula is C24H23N5. The van der Waals surface area contributed by atoms with Crippen LogP contribution < -0.4 is 0 Å². The van der Waals surface area contributed by atoms with E-state index >= 15 is 0 Å². The van der Waals surface area contributed by atoms with Crippen molar-refractivity contribution < 1.29 is 0 Å². The van der Waals surface area contributed by atoms with Crippen LogP contribution in [0.15, 0.2) is 97.6 Å². The standard InChI is InChI=1S/C24H23N5/c1-19(20-11-3-7-15-25-20)29(2)24(21-12-4-8-16-26-21,22-13-5-9-17-27-22)23-14-6-10-18-28-23/h3-19H,1-2H3. The number of nitrogens with zero attached hydrogens (tertiary/aromatic N) is 5. The summed E-state index contributed by atoms with van der Waals surface area (Å²) in [7, 11) is 2.08. The van der Waals surface area contributed by atoms with Crippen LogP contribution in [0.5, 0.6) is 0 Å². The smallest absolute Gasteiger partial charge is 0.149 e. The van der Waals surface area contributed by atoms with Crippen molar-refractivity contribution in [1.29, 1.82) is 0 Å². The topological polar surface area (TPSA) is 54.8 Å². The first-order valence-electron chi connectivity index (χ1n) is 9.63. The molecule has 0 aromatic carbocycles. The van der Waals surface area contributed by atoms with Gasteiger partial charge in [-0.1, -0.05) is 24.3 Å². The second-order valence-corrected chi connectivity index (χ2v) is 6.90. The molecule has 0 saturated carbocycles. The first-order chi connectivity index (χ1) is 14.2. The van der Waals surface area contributed by atoms with Crippen molar-refractivity contribution in [3.63, 3.8) is 0 Å². The zero-order valence-corrected chi connectivity index (χ0v) is 16.6. The monoisotopic (exact) mass is 381 g/mol. The van der Waals surface area contributed by atoms with Gasteiger partial charge in [0.1, 0.15) is 5.54 Å². The fourth-order valence-electron chi connectivity index (χ4n) is 3.78. The molecule has 0 spiro atoms. The number of rotatable bonds is 6. The second kappa shape index (κ2) is 8.29. The summed E-state index contributed by atoms with van der Waals surface area (Å²) in [5, 5.41) is 0. The summed E-state index contributed by atoms with van der Waals surface area (Å²) in [6.45, 7) is 2.14. The van der Waals surface area contributed by atoms with Crippen LogP contribution in [0.2, 0.25) is 0 Å². The third kappa shape index (κ3) is 3.41. The highest BCUT2D eigenvalue weighted by atomic mass is 15.2. The van der Waals surface area contributed by atoms with Crippen molar-refractivity contribution in [3.05, 3.63) is 120 Å². The SMILES string of the molecule is CC(c1ccccn1)N(C)C(c1ccccn1)(c1ccccn1)c1ccccn1. The van der Waals surface area contributed by atoms with E-state index in [1.165, 1.54) is 0 Å². The minimum Gasteiger partial charge on any atom is -0.277 e. The Morgan fingerprint density at radius 1 is 0.621 bits per heavy atom. The molecule has 0 amide bonds. The Morgan fingerprint density at radius 3 is 1.38 bits per heavy atom. The second-order valence-electron chi connectivity index (χ2n) is 6.90. The zero-order chi connectivity index (χ0) is 20.1. The van der Waals surface area contributed by atoms with Crippen molar-refractivity contribution in [1.82, 2.24) is 24.8 Å². The molecule has 0 bridgehead atoms. The summed E-state index contributed by atoms with van der Waals surface area (Å²) in [4.78, 5) is 21.1. The fourth-order valence-corrected chi connectivity index (χ4v) is 3.78. The minimum absolute atomic E-state index is 0.0118. The van der Waals surface area contributed by atoms with Crippen LogP contribution in [0.1, 0.15) is 35.7 Å². The third-order valence-corrected chi connectivity index (χ3v) is 5.33. The predicted molar refractivity (Wildman–Crippen MR) is 113 cm³/mol. The molecule has 0 fully saturated rings.